The topological polar surface area (TPSA) is 73.4 Å². The van der Waals surface area contributed by atoms with E-state index in [1.54, 1.807) is 0 Å². The number of aliphatic hydroxyl groups excluding tert-OH is 1. The van der Waals surface area contributed by atoms with Gasteiger partial charge in [0, 0.05) is 24.3 Å². The molecule has 0 bridgehead atoms. The van der Waals surface area contributed by atoms with E-state index in [-0.39, 0.29) is 18.2 Å². The lowest BCUT2D eigenvalue weighted by Gasteiger charge is -2.26. The lowest BCUT2D eigenvalue weighted by Crippen LogP contribution is -2.43. The van der Waals surface area contributed by atoms with Gasteiger partial charge in [0.15, 0.2) is 0 Å². The zero-order chi connectivity index (χ0) is 15.9. The summed E-state index contributed by atoms with van der Waals surface area (Å²) in [7, 11) is 0. The van der Waals surface area contributed by atoms with Crippen LogP contribution in [0, 0.1) is 0 Å². The largest absolute Gasteiger partial charge is 0.393 e. The van der Waals surface area contributed by atoms with Gasteiger partial charge in [-0.2, -0.15) is 0 Å². The van der Waals surface area contributed by atoms with Gasteiger partial charge >= 0.3 is 6.03 Å². The average Bonchev–Trinajstić information content (AvgIpc) is 2.47. The summed E-state index contributed by atoms with van der Waals surface area (Å²) < 4.78 is 0. The highest BCUT2D eigenvalue weighted by atomic mass is 16.3. The molecule has 1 aromatic carbocycles. The van der Waals surface area contributed by atoms with Crippen molar-refractivity contribution >= 4 is 11.7 Å². The molecule has 0 unspecified atom stereocenters. The second-order valence-corrected chi connectivity index (χ2v) is 6.33. The van der Waals surface area contributed by atoms with Crippen LogP contribution >= 0.6 is 0 Å². The van der Waals surface area contributed by atoms with E-state index in [1.165, 1.54) is 0 Å². The van der Waals surface area contributed by atoms with Crippen LogP contribution < -0.4 is 16.0 Å². The second kappa shape index (κ2) is 8.03. The first kappa shape index (κ1) is 16.6. The fourth-order valence-corrected chi connectivity index (χ4v) is 2.74. The summed E-state index contributed by atoms with van der Waals surface area (Å²) in [4.78, 5) is 11.9. The summed E-state index contributed by atoms with van der Waals surface area (Å²) in [6.45, 7) is 4.70. The first-order valence-corrected chi connectivity index (χ1v) is 8.11. The highest BCUT2D eigenvalue weighted by molar-refractivity contribution is 5.74. The molecule has 0 saturated heterocycles. The molecule has 5 heteroatoms. The molecular weight excluding hydrogens is 278 g/mol. The second-order valence-electron chi connectivity index (χ2n) is 6.33. The molecule has 0 radical (unpaired) electrons. The zero-order valence-corrected chi connectivity index (χ0v) is 13.4. The van der Waals surface area contributed by atoms with Crippen molar-refractivity contribution in [3.63, 3.8) is 0 Å². The minimum atomic E-state index is -0.197. The molecule has 1 aliphatic carbocycles. The van der Waals surface area contributed by atoms with Crippen molar-refractivity contribution in [1.29, 1.82) is 0 Å². The van der Waals surface area contributed by atoms with Crippen molar-refractivity contribution in [2.45, 2.75) is 64.3 Å². The summed E-state index contributed by atoms with van der Waals surface area (Å²) in [5.41, 5.74) is 2.14. The van der Waals surface area contributed by atoms with Crippen molar-refractivity contribution in [3.8, 4) is 0 Å². The minimum Gasteiger partial charge on any atom is -0.393 e. The number of hydrogen-bond donors (Lipinski definition) is 4. The highest BCUT2D eigenvalue weighted by Crippen LogP contribution is 2.18. The number of nitrogens with one attached hydrogen (secondary N) is 3. The Morgan fingerprint density at radius 1 is 1.27 bits per heavy atom. The molecule has 2 amide bonds. The van der Waals surface area contributed by atoms with Gasteiger partial charge in [-0.1, -0.05) is 12.1 Å². The van der Waals surface area contributed by atoms with Crippen LogP contribution in [0.15, 0.2) is 24.3 Å². The molecule has 1 aromatic rings. The van der Waals surface area contributed by atoms with E-state index in [1.807, 2.05) is 18.2 Å². The number of carbonyl (C=O) groups is 1. The van der Waals surface area contributed by atoms with E-state index >= 15 is 0 Å². The van der Waals surface area contributed by atoms with Crippen molar-refractivity contribution < 1.29 is 9.90 Å². The van der Waals surface area contributed by atoms with Crippen molar-refractivity contribution in [3.05, 3.63) is 29.8 Å². The first-order valence-electron chi connectivity index (χ1n) is 8.11. The van der Waals surface area contributed by atoms with Gasteiger partial charge in [-0.15, -0.1) is 0 Å². The Morgan fingerprint density at radius 2 is 2.00 bits per heavy atom. The summed E-state index contributed by atoms with van der Waals surface area (Å²) in [6.07, 6.45) is 3.05. The lowest BCUT2D eigenvalue weighted by atomic mass is 9.93. The van der Waals surface area contributed by atoms with Crippen LogP contribution in [0.1, 0.15) is 45.1 Å². The maximum Gasteiger partial charge on any atom is 0.315 e. The molecule has 0 atom stereocenters. The SMILES string of the molecule is CC(C)Nc1cccc(CNC(=O)NC2CCC(O)CC2)c1. The Morgan fingerprint density at radius 3 is 2.68 bits per heavy atom. The summed E-state index contributed by atoms with van der Waals surface area (Å²) in [5, 5.41) is 18.7. The molecule has 122 valence electrons. The normalized spacial score (nSPS) is 21.5. The lowest BCUT2D eigenvalue weighted by molar-refractivity contribution is 0.117. The standard InChI is InChI=1S/C17H27N3O2/c1-12(2)19-15-5-3-4-13(10-15)11-18-17(22)20-14-6-8-16(21)9-7-14/h3-5,10,12,14,16,19,21H,6-9,11H2,1-2H3,(H2,18,20,22). The molecule has 4 N–H and O–H groups in total. The van der Waals surface area contributed by atoms with Crippen molar-refractivity contribution in [1.82, 2.24) is 10.6 Å². The van der Waals surface area contributed by atoms with Gasteiger partial charge in [-0.3, -0.25) is 0 Å². The number of amides is 2. The Bertz CT molecular complexity index is 483. The molecule has 2 rings (SSSR count). The Hall–Kier alpha value is -1.75. The molecule has 0 aromatic heterocycles. The number of carbonyl (C=O) groups excluding carboxylic acids is 1. The van der Waals surface area contributed by atoms with Crippen LogP contribution in [0.4, 0.5) is 10.5 Å². The third kappa shape index (κ3) is 5.56. The molecular formula is C17H27N3O2. The van der Waals surface area contributed by atoms with E-state index in [4.69, 9.17) is 0 Å². The van der Waals surface area contributed by atoms with E-state index < -0.39 is 0 Å². The Kier molecular flexibility index (Phi) is 6.07. The van der Waals surface area contributed by atoms with Crippen LogP contribution in [0.2, 0.25) is 0 Å². The molecule has 22 heavy (non-hydrogen) atoms. The van der Waals surface area contributed by atoms with Crippen LogP contribution in [0.25, 0.3) is 0 Å². The van der Waals surface area contributed by atoms with E-state index in [0.29, 0.717) is 12.6 Å². The fourth-order valence-electron chi connectivity index (χ4n) is 2.74. The van der Waals surface area contributed by atoms with Crippen molar-refractivity contribution in [2.75, 3.05) is 5.32 Å². The molecule has 1 saturated carbocycles. The van der Waals surface area contributed by atoms with Crippen LogP contribution in [0.3, 0.4) is 0 Å². The molecule has 0 heterocycles. The van der Waals surface area contributed by atoms with Gasteiger partial charge in [-0.25, -0.2) is 4.79 Å². The quantitative estimate of drug-likeness (QED) is 0.675. The van der Waals surface area contributed by atoms with Gasteiger partial charge < -0.3 is 21.1 Å². The molecule has 1 aliphatic rings. The monoisotopic (exact) mass is 305 g/mol. The van der Waals surface area contributed by atoms with Gasteiger partial charge in [0.1, 0.15) is 0 Å². The first-order chi connectivity index (χ1) is 10.5. The smallest absolute Gasteiger partial charge is 0.315 e. The number of rotatable bonds is 5. The van der Waals surface area contributed by atoms with Crippen LogP contribution in [-0.2, 0) is 6.54 Å². The summed E-state index contributed by atoms with van der Waals surface area (Å²) in [6, 6.07) is 8.49. The van der Waals surface area contributed by atoms with Gasteiger partial charge in [0.2, 0.25) is 0 Å². The third-order valence-corrected chi connectivity index (χ3v) is 3.87. The molecule has 0 spiro atoms. The summed E-state index contributed by atoms with van der Waals surface area (Å²) in [5.74, 6) is 0. The Labute approximate surface area is 132 Å². The zero-order valence-electron chi connectivity index (χ0n) is 13.4. The highest BCUT2D eigenvalue weighted by Gasteiger charge is 2.20. The molecule has 1 fully saturated rings. The fraction of sp³-hybridized carbons (Fsp3) is 0.588. The predicted octanol–water partition coefficient (Wildman–Crippen LogP) is 2.61. The molecule has 0 aliphatic heterocycles. The number of benzene rings is 1. The third-order valence-electron chi connectivity index (χ3n) is 3.87. The Balaban J connectivity index is 1.76. The molecule has 5 nitrogen and oxygen atoms in total. The van der Waals surface area contributed by atoms with E-state index in [2.05, 4.69) is 35.9 Å². The van der Waals surface area contributed by atoms with Crippen LogP contribution in [-0.4, -0.2) is 29.3 Å². The van der Waals surface area contributed by atoms with Gasteiger partial charge in [-0.05, 0) is 57.2 Å². The van der Waals surface area contributed by atoms with Gasteiger partial charge in [0.05, 0.1) is 6.10 Å². The predicted molar refractivity (Wildman–Crippen MR) is 88.8 cm³/mol. The number of aliphatic hydroxyl groups is 1. The van der Waals surface area contributed by atoms with E-state index in [0.717, 1.165) is 36.9 Å². The average molecular weight is 305 g/mol. The van der Waals surface area contributed by atoms with Crippen LogP contribution in [0.5, 0.6) is 0 Å². The minimum absolute atomic E-state index is 0.136. The number of urea groups is 1. The van der Waals surface area contributed by atoms with Crippen molar-refractivity contribution in [2.24, 2.45) is 0 Å². The summed E-state index contributed by atoms with van der Waals surface area (Å²) >= 11 is 0. The van der Waals surface area contributed by atoms with Gasteiger partial charge in [0.25, 0.3) is 0 Å². The number of anilines is 1. The van der Waals surface area contributed by atoms with E-state index in [9.17, 15) is 9.90 Å². The number of hydrogen-bond acceptors (Lipinski definition) is 3. The maximum atomic E-state index is 11.9. The maximum absolute atomic E-state index is 11.9.